The van der Waals surface area contributed by atoms with E-state index >= 15 is 0 Å². The summed E-state index contributed by atoms with van der Waals surface area (Å²) in [6.07, 6.45) is 13.2. The lowest BCUT2D eigenvalue weighted by Crippen LogP contribution is -2.19. The van der Waals surface area contributed by atoms with E-state index in [1.165, 1.54) is 17.5 Å². The average Bonchev–Trinajstić information content (AvgIpc) is 3.73. The van der Waals surface area contributed by atoms with Gasteiger partial charge >= 0.3 is 0 Å². The van der Waals surface area contributed by atoms with E-state index in [2.05, 4.69) is 97.9 Å². The number of aromatic nitrogens is 4. The summed E-state index contributed by atoms with van der Waals surface area (Å²) in [5.41, 5.74) is 6.82. The number of H-pyrrole nitrogens is 2. The second-order valence-electron chi connectivity index (χ2n) is 9.89. The molecule has 6 nitrogen and oxygen atoms in total. The summed E-state index contributed by atoms with van der Waals surface area (Å²) in [6, 6.07) is 17.7. The number of imidazole rings is 2. The lowest BCUT2D eigenvalue weighted by molar-refractivity contribution is 0.613. The lowest BCUT2D eigenvalue weighted by atomic mass is 10.0. The lowest BCUT2D eigenvalue weighted by Gasteiger charge is -2.25. The highest BCUT2D eigenvalue weighted by molar-refractivity contribution is 8.32. The van der Waals surface area contributed by atoms with E-state index in [-0.39, 0.29) is 0 Å². The molecule has 0 spiro atoms. The maximum absolute atomic E-state index is 4.59. The molecular weight excluding hydrogens is 488 g/mol. The topological polar surface area (TPSA) is 81.4 Å². The summed E-state index contributed by atoms with van der Waals surface area (Å²) in [4.78, 5) is 16.1. The second-order valence-corrected chi connectivity index (χ2v) is 14.4. The van der Waals surface area contributed by atoms with E-state index < -0.39 is 10.0 Å². The van der Waals surface area contributed by atoms with Gasteiger partial charge in [0.15, 0.2) is 0 Å². The Bertz CT molecular complexity index is 1210. The van der Waals surface area contributed by atoms with Crippen LogP contribution in [0.3, 0.4) is 0 Å². The Morgan fingerprint density at radius 1 is 0.763 bits per heavy atom. The maximum atomic E-state index is 4.59. The molecule has 5 rings (SSSR count). The first-order valence-corrected chi connectivity index (χ1v) is 16.9. The maximum Gasteiger partial charge on any atom is 0.123 e. The number of hydrogen-bond acceptors (Lipinski definition) is 4. The zero-order valence-electron chi connectivity index (χ0n) is 24.2. The summed E-state index contributed by atoms with van der Waals surface area (Å²) in [7, 11) is -0.552. The first kappa shape index (κ1) is 29.7. The van der Waals surface area contributed by atoms with Crippen molar-refractivity contribution >= 4 is 10.0 Å². The zero-order chi connectivity index (χ0) is 27.5. The average molecular weight is 535 g/mol. The SMILES string of the molecule is CC.CC.CS(C)(C)CNCc1ncc(-c2ccc(-c3ccc(-c4cnc(C5CCCN5)[nH]4)cc3)cc2)[nH]1. The van der Waals surface area contributed by atoms with Crippen molar-refractivity contribution in [3.8, 4) is 33.6 Å². The van der Waals surface area contributed by atoms with Crippen LogP contribution in [-0.4, -0.2) is 51.1 Å². The van der Waals surface area contributed by atoms with Crippen LogP contribution >= 0.6 is 10.0 Å². The molecule has 0 radical (unpaired) electrons. The zero-order valence-corrected chi connectivity index (χ0v) is 25.0. The number of hydrogen-bond donors (Lipinski definition) is 4. The standard InChI is InChI=1S/C27H34N6S.2C2H6/c1-34(2,3)18-28-17-26-30-15-24(32-26)21-10-6-19(7-11-21)20-8-12-22(13-9-20)25-16-31-27(33-25)23-5-4-14-29-23;2*1-2/h6-13,15-16,23,28-29H,4-5,14,17-18H2,1-3H3,(H,30,32)(H,31,33);2*1-2H3. The Morgan fingerprint density at radius 2 is 1.29 bits per heavy atom. The van der Waals surface area contributed by atoms with Gasteiger partial charge in [-0.2, -0.15) is 0 Å². The number of nitrogens with zero attached hydrogens (tertiary/aromatic N) is 2. The van der Waals surface area contributed by atoms with E-state index in [0.29, 0.717) is 6.04 Å². The Labute approximate surface area is 230 Å². The van der Waals surface area contributed by atoms with Gasteiger partial charge in [0.25, 0.3) is 0 Å². The largest absolute Gasteiger partial charge is 0.341 e. The molecule has 1 saturated heterocycles. The van der Waals surface area contributed by atoms with Gasteiger partial charge in [0.05, 0.1) is 36.4 Å². The molecule has 1 fully saturated rings. The predicted octanol–water partition coefficient (Wildman–Crippen LogP) is 7.35. The first-order valence-electron chi connectivity index (χ1n) is 13.8. The van der Waals surface area contributed by atoms with Crippen molar-refractivity contribution in [2.24, 2.45) is 0 Å². The Kier molecular flexibility index (Phi) is 11.2. The highest BCUT2D eigenvalue weighted by Gasteiger charge is 2.19. The summed E-state index contributed by atoms with van der Waals surface area (Å²) < 4.78 is 0. The minimum atomic E-state index is -0.552. The first-order chi connectivity index (χ1) is 18.4. The van der Waals surface area contributed by atoms with Crippen molar-refractivity contribution in [2.75, 3.05) is 31.2 Å². The molecule has 4 N–H and O–H groups in total. The van der Waals surface area contributed by atoms with Crippen LogP contribution in [0.5, 0.6) is 0 Å². The van der Waals surface area contributed by atoms with Gasteiger partial charge in [-0.05, 0) is 60.4 Å². The van der Waals surface area contributed by atoms with Gasteiger partial charge in [0.1, 0.15) is 11.6 Å². The van der Waals surface area contributed by atoms with Gasteiger partial charge in [-0.3, -0.25) is 0 Å². The van der Waals surface area contributed by atoms with E-state index in [1.54, 1.807) is 0 Å². The molecule has 2 aromatic carbocycles. The van der Waals surface area contributed by atoms with Crippen LogP contribution in [0.25, 0.3) is 33.6 Å². The molecule has 4 aromatic rings. The molecule has 0 saturated carbocycles. The summed E-state index contributed by atoms with van der Waals surface area (Å²) in [5.74, 6) is 3.06. The number of nitrogens with one attached hydrogen (secondary N) is 4. The van der Waals surface area contributed by atoms with Crippen LogP contribution in [0, 0.1) is 0 Å². The fraction of sp³-hybridized carbons (Fsp3) is 0.419. The molecule has 0 amide bonds. The molecule has 206 valence electrons. The van der Waals surface area contributed by atoms with Crippen molar-refractivity contribution < 1.29 is 0 Å². The molecular formula is C31H46N6S. The van der Waals surface area contributed by atoms with Crippen LogP contribution in [0.1, 0.15) is 58.2 Å². The Hall–Kier alpha value is -2.87. The summed E-state index contributed by atoms with van der Waals surface area (Å²) in [5, 5.41) is 7.00. The van der Waals surface area contributed by atoms with Gasteiger partial charge in [-0.15, -0.1) is 0 Å². The van der Waals surface area contributed by atoms with Crippen LogP contribution in [0.4, 0.5) is 0 Å². The molecule has 7 heteroatoms. The quantitative estimate of drug-likeness (QED) is 0.190. The highest BCUT2D eigenvalue weighted by Crippen LogP contribution is 2.32. The summed E-state index contributed by atoms with van der Waals surface area (Å²) >= 11 is 0. The van der Waals surface area contributed by atoms with Gasteiger partial charge in [0.2, 0.25) is 0 Å². The smallest absolute Gasteiger partial charge is 0.123 e. The third-order valence-corrected chi connectivity index (χ3v) is 7.24. The van der Waals surface area contributed by atoms with Crippen LogP contribution in [-0.2, 0) is 6.54 Å². The predicted molar refractivity (Wildman–Crippen MR) is 167 cm³/mol. The van der Waals surface area contributed by atoms with Gasteiger partial charge < -0.3 is 20.6 Å². The molecule has 0 aliphatic carbocycles. The fourth-order valence-electron chi connectivity index (χ4n) is 4.34. The molecule has 1 unspecified atom stereocenters. The number of aromatic amines is 2. The molecule has 2 aromatic heterocycles. The second kappa shape index (κ2) is 14.3. The van der Waals surface area contributed by atoms with Crippen molar-refractivity contribution in [2.45, 2.75) is 53.1 Å². The van der Waals surface area contributed by atoms with E-state index in [4.69, 9.17) is 0 Å². The van der Waals surface area contributed by atoms with Crippen molar-refractivity contribution in [1.82, 2.24) is 30.6 Å². The van der Waals surface area contributed by atoms with Crippen molar-refractivity contribution in [3.05, 3.63) is 72.6 Å². The van der Waals surface area contributed by atoms with E-state index in [1.807, 2.05) is 40.1 Å². The van der Waals surface area contributed by atoms with Gasteiger partial charge in [-0.1, -0.05) is 76.2 Å². The van der Waals surface area contributed by atoms with Gasteiger partial charge in [0, 0.05) is 5.88 Å². The molecule has 1 atom stereocenters. The molecule has 38 heavy (non-hydrogen) atoms. The minimum Gasteiger partial charge on any atom is -0.341 e. The molecule has 1 aliphatic rings. The van der Waals surface area contributed by atoms with Crippen molar-refractivity contribution in [3.63, 3.8) is 0 Å². The van der Waals surface area contributed by atoms with Crippen LogP contribution < -0.4 is 10.6 Å². The van der Waals surface area contributed by atoms with Crippen LogP contribution in [0.15, 0.2) is 60.9 Å². The number of benzene rings is 2. The minimum absolute atomic E-state index is 0.359. The van der Waals surface area contributed by atoms with E-state index in [9.17, 15) is 0 Å². The van der Waals surface area contributed by atoms with Crippen molar-refractivity contribution in [1.29, 1.82) is 0 Å². The fourth-order valence-corrected chi connectivity index (χ4v) is 5.05. The molecule has 0 bridgehead atoms. The molecule has 3 heterocycles. The number of rotatable bonds is 8. The van der Waals surface area contributed by atoms with E-state index in [0.717, 1.165) is 59.6 Å². The molecule has 1 aliphatic heterocycles. The third kappa shape index (κ3) is 8.06. The monoisotopic (exact) mass is 534 g/mol. The summed E-state index contributed by atoms with van der Waals surface area (Å²) in [6.45, 7) is 9.84. The van der Waals surface area contributed by atoms with Crippen LogP contribution in [0.2, 0.25) is 0 Å². The Balaban J connectivity index is 0.000000956. The highest BCUT2D eigenvalue weighted by atomic mass is 32.3. The normalized spacial score (nSPS) is 15.3. The Morgan fingerprint density at radius 3 is 1.82 bits per heavy atom. The van der Waals surface area contributed by atoms with Gasteiger partial charge in [-0.25, -0.2) is 20.0 Å². The third-order valence-electron chi connectivity index (χ3n) is 6.17.